The SMILES string of the molecule is COC(=O)C(Nc1cc(C)nc2ncnn12)c1ccc(C(C)(C)C)cc1. The van der Waals surface area contributed by atoms with Gasteiger partial charge in [0.2, 0.25) is 0 Å². The Hall–Kier alpha value is -2.96. The van der Waals surface area contributed by atoms with Crippen LogP contribution in [0.5, 0.6) is 0 Å². The van der Waals surface area contributed by atoms with Crippen molar-refractivity contribution in [3.05, 3.63) is 53.5 Å². The largest absolute Gasteiger partial charge is 0.467 e. The van der Waals surface area contributed by atoms with Crippen LogP contribution in [0.4, 0.5) is 5.82 Å². The molecule has 0 fully saturated rings. The standard InChI is InChI=1S/C19H23N5O2/c1-12-10-15(24-18(22-12)20-11-21-24)23-16(17(25)26-5)13-6-8-14(9-7-13)19(2,3)4/h6-11,16,23H,1-5H3. The van der Waals surface area contributed by atoms with Crippen LogP contribution < -0.4 is 5.32 Å². The molecule has 0 amide bonds. The highest BCUT2D eigenvalue weighted by Gasteiger charge is 2.24. The van der Waals surface area contributed by atoms with Crippen molar-refractivity contribution in [2.45, 2.75) is 39.2 Å². The minimum Gasteiger partial charge on any atom is -0.467 e. The van der Waals surface area contributed by atoms with Gasteiger partial charge >= 0.3 is 5.97 Å². The Bertz CT molecular complexity index is 925. The van der Waals surface area contributed by atoms with Crippen LogP contribution in [-0.4, -0.2) is 32.7 Å². The summed E-state index contributed by atoms with van der Waals surface area (Å²) in [4.78, 5) is 20.8. The molecule has 0 aliphatic carbocycles. The molecule has 7 nitrogen and oxygen atoms in total. The molecule has 3 rings (SSSR count). The lowest BCUT2D eigenvalue weighted by molar-refractivity contribution is -0.141. The first-order valence-electron chi connectivity index (χ1n) is 8.42. The molecule has 0 saturated heterocycles. The average Bonchev–Trinajstić information content (AvgIpc) is 3.06. The Morgan fingerprint density at radius 2 is 1.92 bits per heavy atom. The molecule has 136 valence electrons. The van der Waals surface area contributed by atoms with Crippen LogP contribution in [0, 0.1) is 6.92 Å². The lowest BCUT2D eigenvalue weighted by Gasteiger charge is -2.22. The average molecular weight is 353 g/mol. The van der Waals surface area contributed by atoms with Crippen LogP contribution in [0.3, 0.4) is 0 Å². The van der Waals surface area contributed by atoms with Crippen molar-refractivity contribution >= 4 is 17.6 Å². The molecule has 1 atom stereocenters. The second kappa shape index (κ2) is 6.74. The van der Waals surface area contributed by atoms with Crippen LogP contribution in [0.15, 0.2) is 36.7 Å². The Labute approximate surface area is 152 Å². The molecular formula is C19H23N5O2. The normalized spacial score (nSPS) is 12.8. The fourth-order valence-electron chi connectivity index (χ4n) is 2.75. The molecule has 0 aliphatic rings. The number of rotatable bonds is 4. The lowest BCUT2D eigenvalue weighted by atomic mass is 9.86. The Morgan fingerprint density at radius 3 is 2.54 bits per heavy atom. The highest BCUT2D eigenvalue weighted by atomic mass is 16.5. The summed E-state index contributed by atoms with van der Waals surface area (Å²) in [6.07, 6.45) is 1.43. The third-order valence-corrected chi connectivity index (χ3v) is 4.22. The van der Waals surface area contributed by atoms with Gasteiger partial charge in [0, 0.05) is 11.8 Å². The summed E-state index contributed by atoms with van der Waals surface area (Å²) in [5.41, 5.74) is 2.83. The van der Waals surface area contributed by atoms with Gasteiger partial charge in [-0.15, -0.1) is 0 Å². The van der Waals surface area contributed by atoms with Gasteiger partial charge in [-0.3, -0.25) is 0 Å². The first-order valence-corrected chi connectivity index (χ1v) is 8.42. The van der Waals surface area contributed by atoms with E-state index in [1.165, 1.54) is 19.0 Å². The molecule has 1 unspecified atom stereocenters. The van der Waals surface area contributed by atoms with Gasteiger partial charge in [0.1, 0.15) is 12.1 Å². The molecule has 0 aliphatic heterocycles. The maximum atomic E-state index is 12.4. The van der Waals surface area contributed by atoms with Gasteiger partial charge in [-0.1, -0.05) is 45.0 Å². The molecule has 0 bridgehead atoms. The Kier molecular flexibility index (Phi) is 4.63. The lowest BCUT2D eigenvalue weighted by Crippen LogP contribution is -2.24. The van der Waals surface area contributed by atoms with Crippen LogP contribution in [0.1, 0.15) is 43.6 Å². The van der Waals surface area contributed by atoms with E-state index in [1.807, 2.05) is 37.3 Å². The number of methoxy groups -OCH3 is 1. The van der Waals surface area contributed by atoms with E-state index in [4.69, 9.17) is 4.74 Å². The summed E-state index contributed by atoms with van der Waals surface area (Å²) in [5, 5.41) is 7.39. The Morgan fingerprint density at radius 1 is 1.23 bits per heavy atom. The van der Waals surface area contributed by atoms with E-state index in [1.54, 1.807) is 4.52 Å². The van der Waals surface area contributed by atoms with Gasteiger partial charge in [-0.25, -0.2) is 9.78 Å². The summed E-state index contributed by atoms with van der Waals surface area (Å²) in [7, 11) is 1.38. The number of ether oxygens (including phenoxy) is 1. The topological polar surface area (TPSA) is 81.4 Å². The molecule has 3 aromatic rings. The van der Waals surface area contributed by atoms with E-state index in [-0.39, 0.29) is 11.4 Å². The van der Waals surface area contributed by atoms with Gasteiger partial charge in [0.15, 0.2) is 6.04 Å². The van der Waals surface area contributed by atoms with Gasteiger partial charge in [-0.05, 0) is 23.5 Å². The zero-order chi connectivity index (χ0) is 18.9. The van der Waals surface area contributed by atoms with Gasteiger partial charge in [0.25, 0.3) is 5.78 Å². The summed E-state index contributed by atoms with van der Waals surface area (Å²) in [6.45, 7) is 8.32. The highest BCUT2D eigenvalue weighted by Crippen LogP contribution is 2.26. The fourth-order valence-corrected chi connectivity index (χ4v) is 2.75. The van der Waals surface area contributed by atoms with E-state index in [0.29, 0.717) is 11.6 Å². The molecule has 0 radical (unpaired) electrons. The number of hydrogen-bond donors (Lipinski definition) is 1. The number of carbonyl (C=O) groups excluding carboxylic acids is 1. The summed E-state index contributed by atoms with van der Waals surface area (Å²) >= 11 is 0. The third kappa shape index (κ3) is 3.51. The Balaban J connectivity index is 1.99. The van der Waals surface area contributed by atoms with Gasteiger partial charge in [0.05, 0.1) is 7.11 Å². The maximum absolute atomic E-state index is 12.4. The van der Waals surface area contributed by atoms with Crippen molar-refractivity contribution in [2.24, 2.45) is 0 Å². The van der Waals surface area contributed by atoms with Gasteiger partial charge in [-0.2, -0.15) is 14.6 Å². The number of aryl methyl sites for hydroxylation is 1. The van der Waals surface area contributed by atoms with Gasteiger partial charge < -0.3 is 10.1 Å². The van der Waals surface area contributed by atoms with Crippen molar-refractivity contribution in [2.75, 3.05) is 12.4 Å². The third-order valence-electron chi connectivity index (χ3n) is 4.22. The van der Waals surface area contributed by atoms with Crippen LogP contribution in [0.2, 0.25) is 0 Å². The van der Waals surface area contributed by atoms with Crippen molar-refractivity contribution < 1.29 is 9.53 Å². The number of esters is 1. The van der Waals surface area contributed by atoms with Crippen molar-refractivity contribution in [3.63, 3.8) is 0 Å². The van der Waals surface area contributed by atoms with Crippen LogP contribution >= 0.6 is 0 Å². The first-order chi connectivity index (χ1) is 12.3. The summed E-state index contributed by atoms with van der Waals surface area (Å²) in [6, 6.07) is 9.12. The van der Waals surface area contributed by atoms with E-state index in [2.05, 4.69) is 41.2 Å². The second-order valence-corrected chi connectivity index (χ2v) is 7.23. The number of hydrogen-bond acceptors (Lipinski definition) is 6. The number of fused-ring (bicyclic) bond motifs is 1. The van der Waals surface area contributed by atoms with E-state index >= 15 is 0 Å². The molecule has 26 heavy (non-hydrogen) atoms. The molecule has 2 heterocycles. The minimum absolute atomic E-state index is 0.0435. The predicted molar refractivity (Wildman–Crippen MR) is 99.0 cm³/mol. The zero-order valence-corrected chi connectivity index (χ0v) is 15.6. The molecule has 0 spiro atoms. The quantitative estimate of drug-likeness (QED) is 0.726. The fraction of sp³-hybridized carbons (Fsp3) is 0.368. The molecule has 1 aromatic carbocycles. The van der Waals surface area contributed by atoms with Crippen LogP contribution in [0.25, 0.3) is 5.78 Å². The highest BCUT2D eigenvalue weighted by molar-refractivity contribution is 5.80. The van der Waals surface area contributed by atoms with Crippen molar-refractivity contribution in [3.8, 4) is 0 Å². The first kappa shape index (κ1) is 17.8. The zero-order valence-electron chi connectivity index (χ0n) is 15.6. The number of nitrogens with one attached hydrogen (secondary N) is 1. The summed E-state index contributed by atoms with van der Waals surface area (Å²) < 4.78 is 6.56. The number of carbonyl (C=O) groups is 1. The minimum atomic E-state index is -0.664. The van der Waals surface area contributed by atoms with Crippen molar-refractivity contribution in [1.82, 2.24) is 19.6 Å². The summed E-state index contributed by atoms with van der Waals surface area (Å²) in [5.74, 6) is 0.718. The molecule has 2 aromatic heterocycles. The predicted octanol–water partition coefficient (Wildman–Crippen LogP) is 3.06. The van der Waals surface area contributed by atoms with Crippen molar-refractivity contribution in [1.29, 1.82) is 0 Å². The van der Waals surface area contributed by atoms with E-state index in [0.717, 1.165) is 11.3 Å². The number of aromatic nitrogens is 4. The molecular weight excluding hydrogens is 330 g/mol. The van der Waals surface area contributed by atoms with E-state index in [9.17, 15) is 4.79 Å². The number of anilines is 1. The number of nitrogens with zero attached hydrogens (tertiary/aromatic N) is 4. The monoisotopic (exact) mass is 353 g/mol. The molecule has 1 N–H and O–H groups in total. The maximum Gasteiger partial charge on any atom is 0.333 e. The second-order valence-electron chi connectivity index (χ2n) is 7.23. The smallest absolute Gasteiger partial charge is 0.333 e. The number of benzene rings is 1. The molecule has 0 saturated carbocycles. The molecule has 7 heteroatoms. The van der Waals surface area contributed by atoms with E-state index < -0.39 is 6.04 Å². The van der Waals surface area contributed by atoms with Crippen LogP contribution in [-0.2, 0) is 14.9 Å².